The van der Waals surface area contributed by atoms with Crippen LogP contribution in [0.3, 0.4) is 0 Å². The van der Waals surface area contributed by atoms with Crippen LogP contribution < -0.4 is 0 Å². The summed E-state index contributed by atoms with van der Waals surface area (Å²) in [5.41, 5.74) is 3.86. The fourth-order valence-electron chi connectivity index (χ4n) is 5.46. The van der Waals surface area contributed by atoms with E-state index in [1.54, 1.807) is 28.8 Å². The number of aliphatic hydroxyl groups is 1. The van der Waals surface area contributed by atoms with Gasteiger partial charge in [-0.1, -0.05) is 42.5 Å². The molecule has 178 valence electrons. The molecule has 0 saturated carbocycles. The average Bonchev–Trinajstić information content (AvgIpc) is 2.84. The second kappa shape index (κ2) is 9.54. The number of nitrogens with zero attached hydrogens (tertiary/aromatic N) is 4. The van der Waals surface area contributed by atoms with Gasteiger partial charge in [-0.2, -0.15) is 4.31 Å². The Bertz CT molecular complexity index is 1230. The van der Waals surface area contributed by atoms with Crippen LogP contribution in [-0.4, -0.2) is 71.0 Å². The van der Waals surface area contributed by atoms with Crippen LogP contribution >= 0.6 is 0 Å². The molecule has 7 nitrogen and oxygen atoms in total. The van der Waals surface area contributed by atoms with Crippen molar-refractivity contribution >= 4 is 10.0 Å². The number of aromatic nitrogens is 2. The molecule has 34 heavy (non-hydrogen) atoms. The number of sulfonamides is 1. The van der Waals surface area contributed by atoms with E-state index in [0.717, 1.165) is 41.6 Å². The van der Waals surface area contributed by atoms with Gasteiger partial charge >= 0.3 is 0 Å². The number of rotatable bonds is 5. The average molecular weight is 479 g/mol. The van der Waals surface area contributed by atoms with Crippen LogP contribution in [0.1, 0.15) is 29.9 Å². The van der Waals surface area contributed by atoms with Gasteiger partial charge in [0.15, 0.2) is 0 Å². The Morgan fingerprint density at radius 3 is 2.38 bits per heavy atom. The van der Waals surface area contributed by atoms with Gasteiger partial charge in [0.25, 0.3) is 0 Å². The number of aliphatic hydroxyl groups excluding tert-OH is 1. The van der Waals surface area contributed by atoms with Crippen LogP contribution in [0.25, 0.3) is 11.1 Å². The van der Waals surface area contributed by atoms with E-state index in [1.165, 1.54) is 6.33 Å². The van der Waals surface area contributed by atoms with Crippen molar-refractivity contribution in [2.24, 2.45) is 0 Å². The van der Waals surface area contributed by atoms with E-state index >= 15 is 0 Å². The van der Waals surface area contributed by atoms with E-state index in [1.807, 2.05) is 19.1 Å². The SMILES string of the molecule is Cc1ccccc1S(=O)(=O)N1CCCCN2[C@H](CO)[C@H](c3ccc(-c4cncnc4)cc3)[C@@H]2C1. The lowest BCUT2D eigenvalue weighted by Crippen LogP contribution is -2.67. The molecule has 3 aromatic rings. The quantitative estimate of drug-likeness (QED) is 0.607. The van der Waals surface area contributed by atoms with E-state index in [-0.39, 0.29) is 24.6 Å². The predicted molar refractivity (Wildman–Crippen MR) is 131 cm³/mol. The van der Waals surface area contributed by atoms with Crippen molar-refractivity contribution in [3.63, 3.8) is 0 Å². The number of aryl methyl sites for hydroxylation is 1. The molecule has 0 bridgehead atoms. The Morgan fingerprint density at radius 1 is 0.971 bits per heavy atom. The number of benzene rings is 2. The number of fused-ring (bicyclic) bond motifs is 1. The summed E-state index contributed by atoms with van der Waals surface area (Å²) in [4.78, 5) is 10.9. The van der Waals surface area contributed by atoms with E-state index < -0.39 is 10.0 Å². The molecule has 0 unspecified atom stereocenters. The predicted octanol–water partition coefficient (Wildman–Crippen LogP) is 3.07. The molecule has 0 spiro atoms. The van der Waals surface area contributed by atoms with Crippen molar-refractivity contribution in [2.75, 3.05) is 26.2 Å². The van der Waals surface area contributed by atoms with Crippen LogP contribution in [0.2, 0.25) is 0 Å². The molecular weight excluding hydrogens is 448 g/mol. The highest BCUT2D eigenvalue weighted by atomic mass is 32.2. The maximum Gasteiger partial charge on any atom is 0.243 e. The van der Waals surface area contributed by atoms with Gasteiger partial charge in [0.2, 0.25) is 10.0 Å². The minimum atomic E-state index is -3.60. The van der Waals surface area contributed by atoms with Gasteiger partial charge < -0.3 is 5.11 Å². The van der Waals surface area contributed by atoms with Crippen molar-refractivity contribution in [3.05, 3.63) is 78.4 Å². The molecule has 3 atom stereocenters. The van der Waals surface area contributed by atoms with Gasteiger partial charge in [-0.15, -0.1) is 0 Å². The molecule has 2 aliphatic heterocycles. The summed E-state index contributed by atoms with van der Waals surface area (Å²) in [6, 6.07) is 15.5. The summed E-state index contributed by atoms with van der Waals surface area (Å²) in [5.74, 6) is 0.0683. The summed E-state index contributed by atoms with van der Waals surface area (Å²) in [5, 5.41) is 10.2. The molecule has 2 aliphatic rings. The summed E-state index contributed by atoms with van der Waals surface area (Å²) in [6.45, 7) is 3.72. The third kappa shape index (κ3) is 4.15. The minimum Gasteiger partial charge on any atom is -0.395 e. The van der Waals surface area contributed by atoms with Gasteiger partial charge in [0, 0.05) is 49.0 Å². The Kier molecular flexibility index (Phi) is 6.48. The Morgan fingerprint density at radius 2 is 1.68 bits per heavy atom. The van der Waals surface area contributed by atoms with Crippen LogP contribution in [0, 0.1) is 6.92 Å². The smallest absolute Gasteiger partial charge is 0.243 e. The van der Waals surface area contributed by atoms with Crippen molar-refractivity contribution in [1.82, 2.24) is 19.2 Å². The highest BCUT2D eigenvalue weighted by Crippen LogP contribution is 2.43. The van der Waals surface area contributed by atoms with Crippen molar-refractivity contribution in [3.8, 4) is 11.1 Å². The molecule has 2 fully saturated rings. The summed E-state index contributed by atoms with van der Waals surface area (Å²) < 4.78 is 28.8. The normalized spacial score (nSPS) is 24.0. The van der Waals surface area contributed by atoms with E-state index in [9.17, 15) is 13.5 Å². The molecular formula is C26H30N4O3S. The van der Waals surface area contributed by atoms with Gasteiger partial charge in [0.05, 0.1) is 11.5 Å². The third-order valence-corrected chi connectivity index (χ3v) is 9.26. The topological polar surface area (TPSA) is 86.6 Å². The number of hydrogen-bond donors (Lipinski definition) is 1. The van der Waals surface area contributed by atoms with Crippen molar-refractivity contribution in [1.29, 1.82) is 0 Å². The summed E-state index contributed by atoms with van der Waals surface area (Å²) in [6.07, 6.45) is 6.80. The van der Waals surface area contributed by atoms with E-state index in [0.29, 0.717) is 18.0 Å². The fraction of sp³-hybridized carbons (Fsp3) is 0.385. The largest absolute Gasteiger partial charge is 0.395 e. The lowest BCUT2D eigenvalue weighted by atomic mass is 9.74. The zero-order chi connectivity index (χ0) is 23.7. The molecule has 8 heteroatoms. The van der Waals surface area contributed by atoms with Gasteiger partial charge in [-0.05, 0) is 49.1 Å². The third-order valence-electron chi connectivity index (χ3n) is 7.23. The molecule has 0 aliphatic carbocycles. The molecule has 3 heterocycles. The first-order valence-corrected chi connectivity index (χ1v) is 13.2. The highest BCUT2D eigenvalue weighted by molar-refractivity contribution is 7.89. The first-order valence-electron chi connectivity index (χ1n) is 11.8. The first-order chi connectivity index (χ1) is 16.5. The zero-order valence-electron chi connectivity index (χ0n) is 19.3. The van der Waals surface area contributed by atoms with Crippen molar-refractivity contribution in [2.45, 2.75) is 42.7 Å². The minimum absolute atomic E-state index is 0.00276. The standard InChI is InChI=1S/C26H30N4O3S/c1-19-6-2-3-7-25(19)34(32,33)29-12-4-5-13-30-23(16-29)26(24(30)17-31)21-10-8-20(9-11-21)22-14-27-18-28-15-22/h2-3,6-11,14-15,18,23-24,26,31H,4-5,12-13,16-17H2,1H3/t23-,24+,26+/m0/s1. The van der Waals surface area contributed by atoms with Crippen LogP contribution in [0.15, 0.2) is 72.1 Å². The Balaban J connectivity index is 1.44. The molecule has 1 N–H and O–H groups in total. The molecule has 0 amide bonds. The van der Waals surface area contributed by atoms with Gasteiger partial charge in [-0.25, -0.2) is 18.4 Å². The lowest BCUT2D eigenvalue weighted by Gasteiger charge is -2.57. The van der Waals surface area contributed by atoms with E-state index in [2.05, 4.69) is 39.1 Å². The highest BCUT2D eigenvalue weighted by Gasteiger charge is 2.50. The van der Waals surface area contributed by atoms with E-state index in [4.69, 9.17) is 0 Å². The first kappa shape index (κ1) is 23.1. The second-order valence-corrected chi connectivity index (χ2v) is 11.1. The molecule has 2 saturated heterocycles. The fourth-order valence-corrected chi connectivity index (χ4v) is 7.18. The molecule has 0 radical (unpaired) electrons. The maximum absolute atomic E-state index is 13.6. The van der Waals surface area contributed by atoms with Gasteiger partial charge in [-0.3, -0.25) is 4.90 Å². The van der Waals surface area contributed by atoms with Crippen LogP contribution in [0.4, 0.5) is 0 Å². The molecule has 2 aromatic carbocycles. The Hall–Kier alpha value is -2.65. The monoisotopic (exact) mass is 478 g/mol. The van der Waals surface area contributed by atoms with Crippen LogP contribution in [-0.2, 0) is 10.0 Å². The number of hydrogen-bond acceptors (Lipinski definition) is 6. The molecule has 5 rings (SSSR count). The molecule has 1 aromatic heterocycles. The Labute approximate surface area is 201 Å². The second-order valence-electron chi connectivity index (χ2n) is 9.17. The zero-order valence-corrected chi connectivity index (χ0v) is 20.1. The maximum atomic E-state index is 13.6. The lowest BCUT2D eigenvalue weighted by molar-refractivity contribution is -0.0553. The van der Waals surface area contributed by atoms with Gasteiger partial charge in [0.1, 0.15) is 6.33 Å². The summed E-state index contributed by atoms with van der Waals surface area (Å²) >= 11 is 0. The summed E-state index contributed by atoms with van der Waals surface area (Å²) in [7, 11) is -3.60. The van der Waals surface area contributed by atoms with Crippen LogP contribution in [0.5, 0.6) is 0 Å². The van der Waals surface area contributed by atoms with Crippen molar-refractivity contribution < 1.29 is 13.5 Å².